The van der Waals surface area contributed by atoms with Crippen molar-refractivity contribution in [2.45, 2.75) is 63.1 Å². The molecule has 1 unspecified atom stereocenters. The van der Waals surface area contributed by atoms with Crippen molar-refractivity contribution in [1.29, 1.82) is 0 Å². The van der Waals surface area contributed by atoms with Gasteiger partial charge in [-0.25, -0.2) is 4.79 Å². The molecule has 0 bridgehead atoms. The number of nitrogens with zero attached hydrogens (tertiary/aromatic N) is 1. The van der Waals surface area contributed by atoms with Gasteiger partial charge in [-0.3, -0.25) is 0 Å². The molecule has 2 N–H and O–H groups in total. The minimum Gasteiger partial charge on any atom is -0.393 e. The lowest BCUT2D eigenvalue weighted by molar-refractivity contribution is 0.114. The highest BCUT2D eigenvalue weighted by atomic mass is 16.3. The van der Waals surface area contributed by atoms with Crippen LogP contribution in [0, 0.1) is 0 Å². The van der Waals surface area contributed by atoms with Crippen molar-refractivity contribution in [3.8, 4) is 0 Å². The molecular formula is C18H26N2O2. The molecule has 4 heteroatoms. The van der Waals surface area contributed by atoms with Crippen LogP contribution in [0.25, 0.3) is 0 Å². The van der Waals surface area contributed by atoms with Crippen LogP contribution in [0.5, 0.6) is 0 Å². The number of aliphatic hydroxyl groups excluding tert-OH is 1. The molecule has 3 rings (SSSR count). The number of carbonyl (C=O) groups excluding carboxylic acids is 1. The monoisotopic (exact) mass is 302 g/mol. The molecule has 4 nitrogen and oxygen atoms in total. The van der Waals surface area contributed by atoms with E-state index in [0.717, 1.165) is 44.9 Å². The number of urea groups is 1. The molecule has 0 spiro atoms. The topological polar surface area (TPSA) is 52.6 Å². The molecular weight excluding hydrogens is 276 g/mol. The Kier molecular flexibility index (Phi) is 4.67. The molecule has 1 aromatic carbocycles. The van der Waals surface area contributed by atoms with E-state index in [9.17, 15) is 9.90 Å². The van der Waals surface area contributed by atoms with Crippen LogP contribution in [0.2, 0.25) is 0 Å². The average molecular weight is 302 g/mol. The molecule has 0 saturated heterocycles. The highest BCUT2D eigenvalue weighted by molar-refractivity contribution is 5.74. The standard InChI is InChI=1S/C18H26N2O2/c1-20(18(22)19-15-7-10-17(21)11-8-15)16-9-6-13-4-2-3-5-14(13)12-16/h2-5,15-17,21H,6-12H2,1H3,(H,19,22). The summed E-state index contributed by atoms with van der Waals surface area (Å²) < 4.78 is 0. The second-order valence-corrected chi connectivity index (χ2v) is 6.73. The Labute approximate surface area is 132 Å². The lowest BCUT2D eigenvalue weighted by atomic mass is 9.88. The Bertz CT molecular complexity index is 524. The maximum Gasteiger partial charge on any atom is 0.317 e. The summed E-state index contributed by atoms with van der Waals surface area (Å²) in [6, 6.07) is 9.07. The SMILES string of the molecule is CN(C(=O)NC1CCC(O)CC1)C1CCc2ccccc2C1. The Balaban J connectivity index is 1.55. The summed E-state index contributed by atoms with van der Waals surface area (Å²) in [6.45, 7) is 0. The fraction of sp³-hybridized carbons (Fsp3) is 0.611. The average Bonchev–Trinajstić information content (AvgIpc) is 2.55. The van der Waals surface area contributed by atoms with Crippen LogP contribution < -0.4 is 5.32 Å². The number of hydrogen-bond acceptors (Lipinski definition) is 2. The minimum absolute atomic E-state index is 0.0331. The minimum atomic E-state index is -0.180. The van der Waals surface area contributed by atoms with Gasteiger partial charge in [0.05, 0.1) is 6.10 Å². The molecule has 0 radical (unpaired) electrons. The summed E-state index contributed by atoms with van der Waals surface area (Å²) >= 11 is 0. The number of hydrogen-bond donors (Lipinski definition) is 2. The van der Waals surface area contributed by atoms with Gasteiger partial charge in [-0.1, -0.05) is 24.3 Å². The second-order valence-electron chi connectivity index (χ2n) is 6.73. The molecule has 0 aliphatic heterocycles. The fourth-order valence-corrected chi connectivity index (χ4v) is 3.67. The molecule has 0 heterocycles. The Hall–Kier alpha value is -1.55. The number of likely N-dealkylation sites (N-methyl/N-ethyl adjacent to an activating group) is 1. The highest BCUT2D eigenvalue weighted by Crippen LogP contribution is 2.24. The number of aryl methyl sites for hydroxylation is 1. The first-order valence-corrected chi connectivity index (χ1v) is 8.41. The first kappa shape index (κ1) is 15.3. The largest absolute Gasteiger partial charge is 0.393 e. The van der Waals surface area contributed by atoms with Crippen LogP contribution in [0.15, 0.2) is 24.3 Å². The van der Waals surface area contributed by atoms with E-state index in [0.29, 0.717) is 0 Å². The summed E-state index contributed by atoms with van der Waals surface area (Å²) in [5, 5.41) is 12.7. The van der Waals surface area contributed by atoms with E-state index in [4.69, 9.17) is 0 Å². The zero-order chi connectivity index (χ0) is 15.5. The van der Waals surface area contributed by atoms with Gasteiger partial charge in [0.2, 0.25) is 0 Å². The van der Waals surface area contributed by atoms with Gasteiger partial charge in [0.25, 0.3) is 0 Å². The fourth-order valence-electron chi connectivity index (χ4n) is 3.67. The predicted molar refractivity (Wildman–Crippen MR) is 86.8 cm³/mol. The maximum absolute atomic E-state index is 12.5. The van der Waals surface area contributed by atoms with E-state index in [-0.39, 0.29) is 24.2 Å². The van der Waals surface area contributed by atoms with Crippen molar-refractivity contribution in [3.05, 3.63) is 35.4 Å². The summed E-state index contributed by atoms with van der Waals surface area (Å²) in [6.07, 6.45) is 6.21. The number of rotatable bonds is 2. The predicted octanol–water partition coefficient (Wildman–Crippen LogP) is 2.49. The molecule has 120 valence electrons. The van der Waals surface area contributed by atoms with E-state index in [1.165, 1.54) is 11.1 Å². The number of amides is 2. The van der Waals surface area contributed by atoms with Crippen molar-refractivity contribution < 1.29 is 9.90 Å². The Morgan fingerprint density at radius 2 is 1.82 bits per heavy atom. The summed E-state index contributed by atoms with van der Waals surface area (Å²) in [5.74, 6) is 0. The van der Waals surface area contributed by atoms with Gasteiger partial charge >= 0.3 is 6.03 Å². The van der Waals surface area contributed by atoms with E-state index in [1.54, 1.807) is 0 Å². The number of aliphatic hydroxyl groups is 1. The van der Waals surface area contributed by atoms with E-state index >= 15 is 0 Å². The normalized spacial score (nSPS) is 27.8. The molecule has 0 aromatic heterocycles. The molecule has 2 amide bonds. The third kappa shape index (κ3) is 3.43. The summed E-state index contributed by atoms with van der Waals surface area (Å²) in [4.78, 5) is 14.3. The molecule has 2 aliphatic rings. The molecule has 1 atom stereocenters. The number of benzene rings is 1. The maximum atomic E-state index is 12.5. The smallest absolute Gasteiger partial charge is 0.317 e. The van der Waals surface area contributed by atoms with Crippen LogP contribution in [-0.4, -0.2) is 41.3 Å². The molecule has 1 aromatic rings. The Morgan fingerprint density at radius 1 is 1.14 bits per heavy atom. The van der Waals surface area contributed by atoms with Gasteiger partial charge in [-0.2, -0.15) is 0 Å². The Morgan fingerprint density at radius 3 is 2.55 bits per heavy atom. The lowest BCUT2D eigenvalue weighted by Crippen LogP contribution is -2.49. The zero-order valence-electron chi connectivity index (χ0n) is 13.3. The molecule has 2 aliphatic carbocycles. The number of nitrogens with one attached hydrogen (secondary N) is 1. The highest BCUT2D eigenvalue weighted by Gasteiger charge is 2.27. The van der Waals surface area contributed by atoms with Crippen LogP contribution in [0.3, 0.4) is 0 Å². The van der Waals surface area contributed by atoms with Gasteiger partial charge in [-0.05, 0) is 56.1 Å². The molecule has 22 heavy (non-hydrogen) atoms. The summed E-state index contributed by atoms with van der Waals surface area (Å²) in [7, 11) is 1.91. The molecule has 1 fully saturated rings. The quantitative estimate of drug-likeness (QED) is 0.882. The van der Waals surface area contributed by atoms with E-state index in [1.807, 2.05) is 11.9 Å². The summed E-state index contributed by atoms with van der Waals surface area (Å²) in [5.41, 5.74) is 2.80. The number of fused-ring (bicyclic) bond motifs is 1. The van der Waals surface area contributed by atoms with Crippen molar-refractivity contribution >= 4 is 6.03 Å². The van der Waals surface area contributed by atoms with Gasteiger partial charge in [-0.15, -0.1) is 0 Å². The van der Waals surface area contributed by atoms with Crippen molar-refractivity contribution in [2.75, 3.05) is 7.05 Å². The lowest BCUT2D eigenvalue weighted by Gasteiger charge is -2.34. The number of carbonyl (C=O) groups is 1. The van der Waals surface area contributed by atoms with Crippen molar-refractivity contribution in [1.82, 2.24) is 10.2 Å². The van der Waals surface area contributed by atoms with E-state index < -0.39 is 0 Å². The van der Waals surface area contributed by atoms with Gasteiger partial charge < -0.3 is 15.3 Å². The zero-order valence-corrected chi connectivity index (χ0v) is 13.3. The van der Waals surface area contributed by atoms with Gasteiger partial charge in [0.1, 0.15) is 0 Å². The van der Waals surface area contributed by atoms with Crippen molar-refractivity contribution in [2.24, 2.45) is 0 Å². The third-order valence-corrected chi connectivity index (χ3v) is 5.21. The first-order valence-electron chi connectivity index (χ1n) is 8.41. The third-order valence-electron chi connectivity index (χ3n) is 5.21. The van der Waals surface area contributed by atoms with Crippen LogP contribution in [-0.2, 0) is 12.8 Å². The van der Waals surface area contributed by atoms with Crippen LogP contribution in [0.1, 0.15) is 43.2 Å². The second kappa shape index (κ2) is 6.69. The van der Waals surface area contributed by atoms with Gasteiger partial charge in [0.15, 0.2) is 0 Å². The van der Waals surface area contributed by atoms with Crippen molar-refractivity contribution in [3.63, 3.8) is 0 Å². The van der Waals surface area contributed by atoms with Crippen LogP contribution in [0.4, 0.5) is 4.79 Å². The van der Waals surface area contributed by atoms with E-state index in [2.05, 4.69) is 29.6 Å². The van der Waals surface area contributed by atoms with Gasteiger partial charge in [0, 0.05) is 19.1 Å². The van der Waals surface area contributed by atoms with Crippen LogP contribution >= 0.6 is 0 Å². The molecule has 1 saturated carbocycles. The first-order chi connectivity index (χ1) is 10.6.